The molecule has 88 heavy (non-hydrogen) atoms. The summed E-state index contributed by atoms with van der Waals surface area (Å²) in [5.74, 6) is -3.22. The molecular formula is C61H83F9N14O4. The maximum atomic E-state index is 13.6. The van der Waals surface area contributed by atoms with Crippen LogP contribution in [-0.4, -0.2) is 80.0 Å². The topological polar surface area (TPSA) is 318 Å². The molecule has 6 aromatic heterocycles. The molecule has 2 unspecified atom stereocenters. The van der Waals surface area contributed by atoms with E-state index in [0.29, 0.717) is 39.0 Å². The van der Waals surface area contributed by atoms with Crippen LogP contribution in [0.1, 0.15) is 130 Å². The summed E-state index contributed by atoms with van der Waals surface area (Å²) < 4.78 is 126. The molecule has 484 valence electrons. The summed E-state index contributed by atoms with van der Waals surface area (Å²) >= 11 is 0. The van der Waals surface area contributed by atoms with Crippen molar-refractivity contribution in [3.63, 3.8) is 0 Å². The van der Waals surface area contributed by atoms with E-state index in [2.05, 4.69) is 40.5 Å². The van der Waals surface area contributed by atoms with Gasteiger partial charge >= 0.3 is 18.5 Å². The Hall–Kier alpha value is -9.60. The van der Waals surface area contributed by atoms with Crippen LogP contribution in [-0.2, 0) is 23.9 Å². The van der Waals surface area contributed by atoms with Crippen molar-refractivity contribution in [1.29, 1.82) is 0 Å². The number of nitrogens with two attached hydrogens (primary N) is 6. The van der Waals surface area contributed by atoms with Gasteiger partial charge in [0.05, 0.1) is 40.0 Å². The van der Waals surface area contributed by atoms with Crippen LogP contribution in [0.15, 0.2) is 152 Å². The summed E-state index contributed by atoms with van der Waals surface area (Å²) in [5, 5.41) is 5.99. The number of hydrogen-bond donors (Lipinski definition) is 8. The Kier molecular flexibility index (Phi) is 22.4. The molecule has 0 bridgehead atoms. The van der Waals surface area contributed by atoms with Gasteiger partial charge in [0, 0.05) is 76.4 Å². The molecule has 6 heterocycles. The van der Waals surface area contributed by atoms with E-state index >= 15 is 0 Å². The lowest BCUT2D eigenvalue weighted by molar-refractivity contribution is -0.139. The molecule has 8 rings (SSSR count). The van der Waals surface area contributed by atoms with E-state index in [9.17, 15) is 53.9 Å². The SMILES string of the molecule is CC(C)(CN)CNc1ccc(C(F)(F)F)c(C(=O)c2cccnc2N)n1.CCC(CN)(CNc1ccc(C(F)(F)F)c(C(=O)c2cccnc2N)n1)c1ccccc1.Nc1ncccc1C(=O)c1nc(OCCC(N)c2ccccc2)ccc1C(F)(F)F.[HH].[HH].[HH].[HH].[HH].[HH].[HH].[HH].[HH].[HH]. The normalized spacial score (nSPS) is 12.7. The molecule has 8 aromatic rings. The van der Waals surface area contributed by atoms with Crippen molar-refractivity contribution >= 4 is 46.4 Å². The standard InChI is InChI=1S/C23H24F3N5O.C21H19F3N4O2.C17H20F3N5O.10H2/c1-2-22(13-27,15-7-4-3-5-8-15)14-30-18-11-10-17(23(24,25)26)19(31-18)20(32)16-9-6-12-29-21(16)28;22-21(23,24)15-8-9-17(30-12-10-16(25)13-5-2-1-3-6-13)28-18(15)19(29)14-7-4-11-27-20(14)26;1-16(2,8-21)9-24-12-6-5-11(17(18,19)20)13(25-12)14(26)10-4-3-7-23-15(10)22;;;;;;;;;;/h3-12H,2,13-14,27H2,1H3,(H2,28,29)(H,30,31);1-9,11,16H,10,12,25H2,(H2,26,27);3-7H,8-9,21H2,1-2H3,(H2,22,23)(H,24,25);10*1H. The molecular weight excluding hydrogens is 1160 g/mol. The Balaban J connectivity index is -0.000000422. The van der Waals surface area contributed by atoms with Gasteiger partial charge in [-0.15, -0.1) is 0 Å². The van der Waals surface area contributed by atoms with E-state index in [4.69, 9.17) is 39.1 Å². The minimum absolute atomic E-state index is 0. The van der Waals surface area contributed by atoms with Crippen LogP contribution in [0.4, 0.5) is 68.6 Å². The summed E-state index contributed by atoms with van der Waals surface area (Å²) in [4.78, 5) is 61.2. The Morgan fingerprint density at radius 1 is 0.523 bits per heavy atom. The van der Waals surface area contributed by atoms with Crippen molar-refractivity contribution in [2.75, 3.05) is 60.6 Å². The lowest BCUT2D eigenvalue weighted by Crippen LogP contribution is -2.41. The quantitative estimate of drug-likeness (QED) is 0.0245. The molecule has 0 aliphatic heterocycles. The van der Waals surface area contributed by atoms with Crippen molar-refractivity contribution in [1.82, 2.24) is 29.9 Å². The number of ketones is 3. The fraction of sp³-hybridized carbons (Fsp3) is 0.262. The van der Waals surface area contributed by atoms with Crippen LogP contribution in [0.3, 0.4) is 0 Å². The highest BCUT2D eigenvalue weighted by Gasteiger charge is 2.40. The molecule has 0 aliphatic rings. The summed E-state index contributed by atoms with van der Waals surface area (Å²) in [7, 11) is 0. The number of nitrogen functional groups attached to an aromatic ring is 3. The number of nitrogens with zero attached hydrogens (tertiary/aromatic N) is 6. The first kappa shape index (κ1) is 67.5. The van der Waals surface area contributed by atoms with Crippen LogP contribution < -0.4 is 49.8 Å². The molecule has 0 radical (unpaired) electrons. The van der Waals surface area contributed by atoms with Gasteiger partial charge in [-0.2, -0.15) is 39.5 Å². The van der Waals surface area contributed by atoms with Crippen molar-refractivity contribution in [3.05, 3.63) is 214 Å². The maximum absolute atomic E-state index is 13.6. The third-order valence-corrected chi connectivity index (χ3v) is 13.7. The minimum atomic E-state index is -4.77. The van der Waals surface area contributed by atoms with Gasteiger partial charge in [-0.1, -0.05) is 81.4 Å². The van der Waals surface area contributed by atoms with Gasteiger partial charge in [-0.3, -0.25) is 14.4 Å². The first-order valence-electron chi connectivity index (χ1n) is 26.9. The zero-order valence-corrected chi connectivity index (χ0v) is 47.6. The Bertz CT molecular complexity index is 3710. The molecule has 14 N–H and O–H groups in total. The summed E-state index contributed by atoms with van der Waals surface area (Å²) in [6, 6.07) is 32.7. The number of alkyl halides is 9. The number of halogens is 9. The lowest BCUT2D eigenvalue weighted by atomic mass is 9.78. The number of carbonyl (C=O) groups excluding carboxylic acids is 3. The molecule has 0 aliphatic carbocycles. The molecule has 27 heteroatoms. The maximum Gasteiger partial charge on any atom is 0.418 e. The Morgan fingerprint density at radius 3 is 1.31 bits per heavy atom. The van der Waals surface area contributed by atoms with E-state index in [-0.39, 0.29) is 84.0 Å². The second kappa shape index (κ2) is 29.2. The van der Waals surface area contributed by atoms with E-state index in [1.54, 1.807) is 0 Å². The van der Waals surface area contributed by atoms with Crippen molar-refractivity contribution in [2.45, 2.75) is 63.6 Å². The summed E-state index contributed by atoms with van der Waals surface area (Å²) in [6.07, 6.45) is -9.14. The Labute approximate surface area is 514 Å². The molecule has 0 spiro atoms. The molecule has 18 nitrogen and oxygen atoms in total. The second-order valence-electron chi connectivity index (χ2n) is 20.5. The minimum Gasteiger partial charge on any atom is -0.478 e. The fourth-order valence-corrected chi connectivity index (χ4v) is 8.43. The number of benzene rings is 2. The molecule has 0 amide bonds. The number of anilines is 5. The van der Waals surface area contributed by atoms with E-state index in [0.717, 1.165) is 35.4 Å². The van der Waals surface area contributed by atoms with Gasteiger partial charge in [-0.05, 0) is 96.2 Å². The van der Waals surface area contributed by atoms with Gasteiger partial charge in [0.1, 0.15) is 46.2 Å². The number of rotatable bonds is 21. The van der Waals surface area contributed by atoms with Crippen LogP contribution in [0.25, 0.3) is 0 Å². The summed E-state index contributed by atoms with van der Waals surface area (Å²) in [6.45, 7) is 7.28. The lowest BCUT2D eigenvalue weighted by Gasteiger charge is -2.32. The molecule has 2 atom stereocenters. The highest BCUT2D eigenvalue weighted by Crippen LogP contribution is 2.37. The fourth-order valence-electron chi connectivity index (χ4n) is 8.43. The summed E-state index contributed by atoms with van der Waals surface area (Å²) in [5.41, 5.74) is 29.8. The highest BCUT2D eigenvalue weighted by atomic mass is 19.4. The zero-order chi connectivity index (χ0) is 64.6. The number of carbonyl (C=O) groups is 3. The van der Waals surface area contributed by atoms with Gasteiger partial charge in [0.2, 0.25) is 23.2 Å². The molecule has 0 fully saturated rings. The molecule has 0 saturated carbocycles. The van der Waals surface area contributed by atoms with Crippen LogP contribution >= 0.6 is 0 Å². The number of nitrogens with one attached hydrogen (secondary N) is 2. The van der Waals surface area contributed by atoms with Gasteiger partial charge in [-0.25, -0.2) is 29.9 Å². The predicted molar refractivity (Wildman–Crippen MR) is 336 cm³/mol. The largest absolute Gasteiger partial charge is 0.478 e. The average Bonchev–Trinajstić information content (AvgIpc) is 0.807. The smallest absolute Gasteiger partial charge is 0.418 e. The Morgan fingerprint density at radius 2 is 0.920 bits per heavy atom. The number of ether oxygens (including phenoxy) is 1. The zero-order valence-electron chi connectivity index (χ0n) is 47.6. The van der Waals surface area contributed by atoms with Crippen LogP contribution in [0.2, 0.25) is 0 Å². The van der Waals surface area contributed by atoms with E-state index < -0.39 is 75.1 Å². The molecule has 0 saturated heterocycles. The van der Waals surface area contributed by atoms with Crippen molar-refractivity contribution < 1.29 is 72.9 Å². The van der Waals surface area contributed by atoms with E-state index in [1.807, 2.05) is 81.4 Å². The number of hydrogen-bond acceptors (Lipinski definition) is 18. The third-order valence-electron chi connectivity index (χ3n) is 13.7. The van der Waals surface area contributed by atoms with Gasteiger partial charge in [0.25, 0.3) is 0 Å². The first-order valence-corrected chi connectivity index (χ1v) is 26.9. The first-order chi connectivity index (χ1) is 41.5. The third kappa shape index (κ3) is 17.5. The average molecular weight is 1250 g/mol. The van der Waals surface area contributed by atoms with Crippen LogP contribution in [0.5, 0.6) is 5.88 Å². The highest BCUT2D eigenvalue weighted by molar-refractivity contribution is 6.13. The van der Waals surface area contributed by atoms with Crippen molar-refractivity contribution in [3.8, 4) is 5.88 Å². The van der Waals surface area contributed by atoms with E-state index in [1.165, 1.54) is 67.1 Å². The number of aromatic nitrogens is 6. The number of pyridine rings is 6. The second-order valence-corrected chi connectivity index (χ2v) is 20.5. The van der Waals surface area contributed by atoms with Crippen molar-refractivity contribution in [2.24, 2.45) is 22.6 Å². The van der Waals surface area contributed by atoms with Crippen LogP contribution in [0, 0.1) is 5.41 Å². The molecule has 2 aromatic carbocycles. The monoisotopic (exact) mass is 1250 g/mol. The van der Waals surface area contributed by atoms with Gasteiger partial charge < -0.3 is 49.8 Å². The predicted octanol–water partition coefficient (Wildman–Crippen LogP) is 13.0. The van der Waals surface area contributed by atoms with Gasteiger partial charge in [0.15, 0.2) is 0 Å².